The van der Waals surface area contributed by atoms with Crippen LogP contribution in [0.15, 0.2) is 53.4 Å². The molecule has 1 spiro atoms. The van der Waals surface area contributed by atoms with Crippen LogP contribution in [0.1, 0.15) is 44.9 Å². The summed E-state index contributed by atoms with van der Waals surface area (Å²) in [6, 6.07) is 13.4. The number of carbonyl (C=O) groups is 1. The molecule has 4 rings (SSSR count). The summed E-state index contributed by atoms with van der Waals surface area (Å²) in [5, 5.41) is 12.6. The zero-order chi connectivity index (χ0) is 24.2. The molecule has 1 aliphatic heterocycles. The van der Waals surface area contributed by atoms with Crippen LogP contribution >= 0.6 is 0 Å². The number of aliphatic hydroxyl groups excluding tert-OH is 1. The van der Waals surface area contributed by atoms with Crippen LogP contribution < -0.4 is 14.8 Å². The molecule has 2 fully saturated rings. The third kappa shape index (κ3) is 4.72. The van der Waals surface area contributed by atoms with Gasteiger partial charge in [0.25, 0.3) is 0 Å². The van der Waals surface area contributed by atoms with E-state index in [1.54, 1.807) is 43.5 Å². The van der Waals surface area contributed by atoms with Crippen LogP contribution in [0.5, 0.6) is 17.2 Å². The van der Waals surface area contributed by atoms with Gasteiger partial charge >= 0.3 is 0 Å². The minimum atomic E-state index is -3.93. The topological polar surface area (TPSA) is 102 Å². The van der Waals surface area contributed by atoms with Crippen molar-refractivity contribution in [2.75, 3.05) is 26.8 Å². The highest BCUT2D eigenvalue weighted by atomic mass is 32.2. The van der Waals surface area contributed by atoms with E-state index in [1.807, 2.05) is 0 Å². The predicted octanol–water partition coefficient (Wildman–Crippen LogP) is 3.90. The second kappa shape index (κ2) is 10.1. The number of Topliss-reactive ketones (excluding diaryl/α,β-unsaturated/α-hetero) is 1. The molecule has 1 saturated carbocycles. The number of carbonyl (C=O) groups excluding carboxylic acids is 1. The fourth-order valence-electron chi connectivity index (χ4n) is 5.41. The van der Waals surface area contributed by atoms with Crippen molar-refractivity contribution in [3.63, 3.8) is 0 Å². The SMILES string of the molecule is COc1ccc(Oc2ccc(S(=O)(=O)C3(C(=O)CCCO)CCC4(CCNCC4)C3)cc2)cc1. The van der Waals surface area contributed by atoms with Gasteiger partial charge in [0.15, 0.2) is 15.6 Å². The molecule has 0 amide bonds. The molecule has 0 bridgehead atoms. The molecule has 34 heavy (non-hydrogen) atoms. The van der Waals surface area contributed by atoms with Gasteiger partial charge in [-0.2, -0.15) is 0 Å². The minimum Gasteiger partial charge on any atom is -0.497 e. The van der Waals surface area contributed by atoms with Gasteiger partial charge in [-0.1, -0.05) is 0 Å². The van der Waals surface area contributed by atoms with Crippen molar-refractivity contribution in [3.8, 4) is 17.2 Å². The summed E-state index contributed by atoms with van der Waals surface area (Å²) < 4.78 is 37.5. The number of aliphatic hydroxyl groups is 1. The largest absolute Gasteiger partial charge is 0.497 e. The van der Waals surface area contributed by atoms with Crippen molar-refractivity contribution >= 4 is 15.6 Å². The number of benzene rings is 2. The molecular formula is C26H33NO6S. The van der Waals surface area contributed by atoms with Gasteiger partial charge in [0, 0.05) is 13.0 Å². The molecule has 8 heteroatoms. The van der Waals surface area contributed by atoms with Crippen LogP contribution in [-0.2, 0) is 14.6 Å². The maximum atomic E-state index is 14.0. The van der Waals surface area contributed by atoms with Crippen molar-refractivity contribution in [2.24, 2.45) is 5.41 Å². The number of sulfone groups is 1. The smallest absolute Gasteiger partial charge is 0.191 e. The Bertz CT molecular complexity index is 1090. The Kier molecular flexibility index (Phi) is 7.31. The summed E-state index contributed by atoms with van der Waals surface area (Å²) in [4.78, 5) is 13.5. The molecule has 1 atom stereocenters. The second-order valence-corrected chi connectivity index (χ2v) is 11.7. The van der Waals surface area contributed by atoms with Crippen molar-refractivity contribution in [3.05, 3.63) is 48.5 Å². The predicted molar refractivity (Wildman–Crippen MR) is 129 cm³/mol. The van der Waals surface area contributed by atoms with Crippen molar-refractivity contribution in [1.29, 1.82) is 0 Å². The Morgan fingerprint density at radius 1 is 0.941 bits per heavy atom. The van der Waals surface area contributed by atoms with Crippen molar-refractivity contribution in [2.45, 2.75) is 54.6 Å². The molecule has 2 aliphatic rings. The minimum absolute atomic E-state index is 0.0721. The van der Waals surface area contributed by atoms with E-state index in [1.165, 1.54) is 12.1 Å². The van der Waals surface area contributed by atoms with Gasteiger partial charge in [-0.05, 0) is 106 Å². The fraction of sp³-hybridized carbons (Fsp3) is 0.500. The molecule has 1 aliphatic carbocycles. The molecule has 2 aromatic carbocycles. The van der Waals surface area contributed by atoms with Crippen LogP contribution in [0, 0.1) is 5.41 Å². The second-order valence-electron chi connectivity index (χ2n) is 9.42. The van der Waals surface area contributed by atoms with Gasteiger partial charge in [0.2, 0.25) is 0 Å². The number of ether oxygens (including phenoxy) is 2. The first-order valence-corrected chi connectivity index (χ1v) is 13.3. The highest BCUT2D eigenvalue weighted by Crippen LogP contribution is 2.55. The lowest BCUT2D eigenvalue weighted by molar-refractivity contribution is -0.122. The van der Waals surface area contributed by atoms with E-state index < -0.39 is 14.6 Å². The highest BCUT2D eigenvalue weighted by Gasteiger charge is 2.59. The molecule has 0 radical (unpaired) electrons. The molecule has 1 heterocycles. The third-order valence-corrected chi connectivity index (χ3v) is 9.90. The van der Waals surface area contributed by atoms with E-state index >= 15 is 0 Å². The van der Waals surface area contributed by atoms with E-state index in [0.717, 1.165) is 32.4 Å². The molecule has 1 unspecified atom stereocenters. The van der Waals surface area contributed by atoms with E-state index in [4.69, 9.17) is 9.47 Å². The van der Waals surface area contributed by atoms with Crippen molar-refractivity contribution in [1.82, 2.24) is 5.32 Å². The fourth-order valence-corrected chi connectivity index (χ4v) is 7.62. The monoisotopic (exact) mass is 487 g/mol. The van der Waals surface area contributed by atoms with Gasteiger partial charge in [-0.3, -0.25) is 4.79 Å². The van der Waals surface area contributed by atoms with Crippen molar-refractivity contribution < 1.29 is 27.8 Å². The highest BCUT2D eigenvalue weighted by molar-refractivity contribution is 7.93. The number of nitrogens with one attached hydrogen (secondary N) is 1. The average Bonchev–Trinajstić information content (AvgIpc) is 3.24. The molecular weight excluding hydrogens is 454 g/mol. The quantitative estimate of drug-likeness (QED) is 0.553. The zero-order valence-electron chi connectivity index (χ0n) is 19.6. The maximum absolute atomic E-state index is 14.0. The average molecular weight is 488 g/mol. The molecule has 1 saturated heterocycles. The van der Waals surface area contributed by atoms with Crippen LogP contribution in [0.2, 0.25) is 0 Å². The first-order chi connectivity index (χ1) is 16.3. The van der Waals surface area contributed by atoms with E-state index in [9.17, 15) is 18.3 Å². The van der Waals surface area contributed by atoms with E-state index in [-0.39, 0.29) is 35.5 Å². The summed E-state index contributed by atoms with van der Waals surface area (Å²) >= 11 is 0. The standard InChI is InChI=1S/C26H33NO6S/c1-32-20-4-6-21(7-5-20)33-22-8-10-23(11-9-22)34(30,31)26(24(29)3-2-18-28)13-12-25(19-26)14-16-27-17-15-25/h4-11,27-28H,2-3,12-19H2,1H3. The molecule has 2 aromatic rings. The van der Waals surface area contributed by atoms with Gasteiger partial charge in [0.05, 0.1) is 12.0 Å². The first kappa shape index (κ1) is 24.7. The van der Waals surface area contributed by atoms with Crippen LogP contribution in [0.3, 0.4) is 0 Å². The molecule has 184 valence electrons. The first-order valence-electron chi connectivity index (χ1n) is 11.9. The Morgan fingerprint density at radius 3 is 2.12 bits per heavy atom. The number of methoxy groups -OCH3 is 1. The summed E-state index contributed by atoms with van der Waals surface area (Å²) in [5.74, 6) is 1.56. The lowest BCUT2D eigenvalue weighted by atomic mass is 9.76. The van der Waals surface area contributed by atoms with Gasteiger partial charge < -0.3 is 19.9 Å². The summed E-state index contributed by atoms with van der Waals surface area (Å²) in [6.45, 7) is 1.56. The lowest BCUT2D eigenvalue weighted by Crippen LogP contribution is -2.46. The van der Waals surface area contributed by atoms with Gasteiger partial charge in [-0.15, -0.1) is 0 Å². The van der Waals surface area contributed by atoms with Gasteiger partial charge in [-0.25, -0.2) is 8.42 Å². The maximum Gasteiger partial charge on any atom is 0.191 e. The number of hydrogen-bond acceptors (Lipinski definition) is 7. The zero-order valence-corrected chi connectivity index (χ0v) is 20.4. The lowest BCUT2D eigenvalue weighted by Gasteiger charge is -2.36. The van der Waals surface area contributed by atoms with Gasteiger partial charge in [0.1, 0.15) is 22.0 Å². The molecule has 2 N–H and O–H groups in total. The van der Waals surface area contributed by atoms with E-state index in [0.29, 0.717) is 30.1 Å². The number of rotatable bonds is 9. The third-order valence-electron chi connectivity index (χ3n) is 7.40. The Labute approximate surface area is 201 Å². The number of ketones is 1. The van der Waals surface area contributed by atoms with Crippen LogP contribution in [0.4, 0.5) is 0 Å². The van der Waals surface area contributed by atoms with Crippen LogP contribution in [-0.4, -0.2) is 50.9 Å². The normalized spacial score (nSPS) is 21.9. The number of piperidine rings is 1. The Morgan fingerprint density at radius 2 is 1.53 bits per heavy atom. The summed E-state index contributed by atoms with van der Waals surface area (Å²) in [5.41, 5.74) is -0.120. The molecule has 0 aromatic heterocycles. The summed E-state index contributed by atoms with van der Waals surface area (Å²) in [6.07, 6.45) is 3.54. The van der Waals surface area contributed by atoms with Crippen LogP contribution in [0.25, 0.3) is 0 Å². The van der Waals surface area contributed by atoms with E-state index in [2.05, 4.69) is 5.32 Å². The number of hydrogen-bond donors (Lipinski definition) is 2. The molecule has 7 nitrogen and oxygen atoms in total. The summed E-state index contributed by atoms with van der Waals surface area (Å²) in [7, 11) is -2.34. The Hall–Kier alpha value is -2.42. The Balaban J connectivity index is 1.60.